The first-order valence-electron chi connectivity index (χ1n) is 11.1. The molecule has 1 N–H and O–H groups in total. The molecule has 2 fully saturated rings. The number of likely N-dealkylation sites (N-methyl/N-ethyl adjacent to an activating group) is 1. The Kier molecular flexibility index (Phi) is 6.64. The third-order valence-corrected chi connectivity index (χ3v) is 6.90. The number of aryl methyl sites for hydroxylation is 2. The molecule has 4 heterocycles. The molecule has 3 amide bonds. The van der Waals surface area contributed by atoms with Gasteiger partial charge in [-0.1, -0.05) is 24.6 Å². The lowest BCUT2D eigenvalue weighted by atomic mass is 10.1. The topological polar surface area (TPSA) is 94.0 Å². The van der Waals surface area contributed by atoms with Crippen molar-refractivity contribution in [1.82, 2.24) is 30.0 Å². The van der Waals surface area contributed by atoms with Gasteiger partial charge in [0.1, 0.15) is 0 Å². The van der Waals surface area contributed by atoms with E-state index in [2.05, 4.69) is 25.1 Å². The minimum Gasteiger partial charge on any atom is -0.343 e. The van der Waals surface area contributed by atoms with Gasteiger partial charge in [-0.3, -0.25) is 10.1 Å². The summed E-state index contributed by atoms with van der Waals surface area (Å²) in [6, 6.07) is 1.12. The summed E-state index contributed by atoms with van der Waals surface area (Å²) in [5.41, 5.74) is 1.94. The van der Waals surface area contributed by atoms with Crippen LogP contribution in [0.15, 0.2) is 16.2 Å². The fourth-order valence-corrected chi connectivity index (χ4v) is 5.31. The van der Waals surface area contributed by atoms with Crippen LogP contribution in [0.5, 0.6) is 0 Å². The van der Waals surface area contributed by atoms with Crippen LogP contribution in [0.1, 0.15) is 43.5 Å². The van der Waals surface area contributed by atoms with Gasteiger partial charge >= 0.3 is 6.03 Å². The Morgan fingerprint density at radius 1 is 1.10 bits per heavy atom. The van der Waals surface area contributed by atoms with E-state index in [-0.39, 0.29) is 11.9 Å². The predicted molar refractivity (Wildman–Crippen MR) is 120 cm³/mol. The highest BCUT2D eigenvalue weighted by Crippen LogP contribution is 2.27. The summed E-state index contributed by atoms with van der Waals surface area (Å²) in [5, 5.41) is 3.28. The zero-order chi connectivity index (χ0) is 22.0. The minimum atomic E-state index is -0.469. The number of urea groups is 1. The molecule has 1 aromatic heterocycles. The van der Waals surface area contributed by atoms with E-state index in [1.165, 1.54) is 12.8 Å². The molecule has 0 spiro atoms. The van der Waals surface area contributed by atoms with Crippen molar-refractivity contribution >= 4 is 29.7 Å². The maximum atomic E-state index is 12.8. The molecule has 3 aliphatic rings. The van der Waals surface area contributed by atoms with Crippen LogP contribution < -0.4 is 5.32 Å². The van der Waals surface area contributed by atoms with Crippen LogP contribution in [-0.2, 0) is 4.79 Å². The molecule has 3 aliphatic heterocycles. The van der Waals surface area contributed by atoms with Crippen molar-refractivity contribution in [3.05, 3.63) is 17.5 Å². The number of hydrogen-bond donors (Lipinski definition) is 1. The average molecular weight is 446 g/mol. The van der Waals surface area contributed by atoms with Crippen LogP contribution >= 0.6 is 11.8 Å². The molecular weight excluding hydrogens is 414 g/mol. The standard InChI is InChI=1S/C21H31N7O2S/c1-14-13-15(2)23-19(22-14)31-12-8-11-28-16-17(26(3)21(30)25-18(16)29)24-20(28)27-9-6-4-5-7-10-27/h13,16-17H,4-12H2,1-3H3,(H,25,29,30). The van der Waals surface area contributed by atoms with E-state index in [0.29, 0.717) is 6.54 Å². The lowest BCUT2D eigenvalue weighted by Crippen LogP contribution is -2.64. The Morgan fingerprint density at radius 3 is 2.45 bits per heavy atom. The molecule has 0 saturated carbocycles. The molecule has 4 rings (SSSR count). The smallest absolute Gasteiger partial charge is 0.325 e. The van der Waals surface area contributed by atoms with E-state index < -0.39 is 12.2 Å². The van der Waals surface area contributed by atoms with Crippen molar-refractivity contribution < 1.29 is 9.59 Å². The number of nitrogens with one attached hydrogen (secondary N) is 1. The van der Waals surface area contributed by atoms with Gasteiger partial charge in [0, 0.05) is 43.8 Å². The Morgan fingerprint density at radius 2 is 1.77 bits per heavy atom. The number of amides is 3. The van der Waals surface area contributed by atoms with Gasteiger partial charge in [-0.2, -0.15) is 0 Å². The highest BCUT2D eigenvalue weighted by Gasteiger charge is 2.49. The third kappa shape index (κ3) is 4.78. The second-order valence-electron chi connectivity index (χ2n) is 8.42. The largest absolute Gasteiger partial charge is 0.343 e. The molecule has 31 heavy (non-hydrogen) atoms. The summed E-state index contributed by atoms with van der Waals surface area (Å²) < 4.78 is 0. The predicted octanol–water partition coefficient (Wildman–Crippen LogP) is 2.00. The number of guanidine groups is 1. The van der Waals surface area contributed by atoms with Gasteiger partial charge in [0.15, 0.2) is 23.3 Å². The molecule has 2 unspecified atom stereocenters. The molecule has 1 aromatic rings. The van der Waals surface area contributed by atoms with Gasteiger partial charge in [0.25, 0.3) is 5.91 Å². The number of carbonyl (C=O) groups is 2. The lowest BCUT2D eigenvalue weighted by Gasteiger charge is -2.37. The summed E-state index contributed by atoms with van der Waals surface area (Å²) in [6.07, 6.45) is 5.10. The quantitative estimate of drug-likeness (QED) is 0.421. The van der Waals surface area contributed by atoms with Crippen LogP contribution in [0.2, 0.25) is 0 Å². The van der Waals surface area contributed by atoms with E-state index in [9.17, 15) is 9.59 Å². The van der Waals surface area contributed by atoms with Gasteiger partial charge in [-0.25, -0.2) is 19.8 Å². The monoisotopic (exact) mass is 445 g/mol. The van der Waals surface area contributed by atoms with Crippen LogP contribution in [-0.4, -0.2) is 87.2 Å². The Balaban J connectivity index is 1.46. The fraction of sp³-hybridized carbons (Fsp3) is 0.667. The Labute approximate surface area is 187 Å². The van der Waals surface area contributed by atoms with Crippen LogP contribution in [0.3, 0.4) is 0 Å². The second-order valence-corrected chi connectivity index (χ2v) is 9.48. The SMILES string of the molecule is Cc1cc(C)nc(SCCCN2C(N3CCCCCC3)=NC3C2C(=O)NC(=O)N3C)n1. The summed E-state index contributed by atoms with van der Waals surface area (Å²) in [7, 11) is 1.71. The van der Waals surface area contributed by atoms with Crippen molar-refractivity contribution in [2.24, 2.45) is 4.99 Å². The van der Waals surface area contributed by atoms with Gasteiger partial charge < -0.3 is 14.7 Å². The molecule has 9 nitrogen and oxygen atoms in total. The highest BCUT2D eigenvalue weighted by molar-refractivity contribution is 7.99. The number of fused-ring (bicyclic) bond motifs is 1. The molecule has 0 radical (unpaired) electrons. The molecule has 0 aromatic carbocycles. The highest BCUT2D eigenvalue weighted by atomic mass is 32.2. The number of likely N-dealkylation sites (tertiary alicyclic amines) is 1. The lowest BCUT2D eigenvalue weighted by molar-refractivity contribution is -0.127. The second kappa shape index (κ2) is 9.42. The van der Waals surface area contributed by atoms with E-state index in [1.807, 2.05) is 19.9 Å². The number of thioether (sulfide) groups is 1. The molecular formula is C21H31N7O2S. The first kappa shape index (κ1) is 21.9. The zero-order valence-electron chi connectivity index (χ0n) is 18.5. The maximum absolute atomic E-state index is 12.8. The summed E-state index contributed by atoms with van der Waals surface area (Å²) in [5.74, 6) is 1.45. The molecule has 2 saturated heterocycles. The first-order valence-corrected chi connectivity index (χ1v) is 12.0. The van der Waals surface area contributed by atoms with Crippen molar-refractivity contribution in [3.63, 3.8) is 0 Å². The van der Waals surface area contributed by atoms with Crippen molar-refractivity contribution in [2.75, 3.05) is 32.4 Å². The molecule has 2 atom stereocenters. The van der Waals surface area contributed by atoms with Gasteiger partial charge in [0.2, 0.25) is 0 Å². The molecule has 10 heteroatoms. The fourth-order valence-electron chi connectivity index (χ4n) is 4.44. The maximum Gasteiger partial charge on any atom is 0.325 e. The number of imide groups is 1. The number of hydrogen-bond acceptors (Lipinski definition) is 8. The van der Waals surface area contributed by atoms with Crippen LogP contribution in [0.4, 0.5) is 4.79 Å². The normalized spacial score (nSPS) is 24.1. The van der Waals surface area contributed by atoms with Crippen LogP contribution in [0.25, 0.3) is 0 Å². The van der Waals surface area contributed by atoms with Gasteiger partial charge in [0.05, 0.1) is 0 Å². The summed E-state index contributed by atoms with van der Waals surface area (Å²) in [4.78, 5) is 44.7. The number of rotatable bonds is 5. The molecule has 168 valence electrons. The van der Waals surface area contributed by atoms with Crippen molar-refractivity contribution in [1.29, 1.82) is 0 Å². The van der Waals surface area contributed by atoms with E-state index in [0.717, 1.165) is 60.6 Å². The van der Waals surface area contributed by atoms with Crippen LogP contribution in [0, 0.1) is 13.8 Å². The first-order chi connectivity index (χ1) is 14.9. The Bertz CT molecular complexity index is 849. The van der Waals surface area contributed by atoms with E-state index in [4.69, 9.17) is 4.99 Å². The third-order valence-electron chi connectivity index (χ3n) is 5.96. The number of aromatic nitrogens is 2. The minimum absolute atomic E-state index is 0.257. The van der Waals surface area contributed by atoms with Crippen molar-refractivity contribution in [2.45, 2.75) is 63.3 Å². The number of carbonyl (C=O) groups excluding carboxylic acids is 2. The summed E-state index contributed by atoms with van der Waals surface area (Å²) >= 11 is 1.64. The van der Waals surface area contributed by atoms with E-state index in [1.54, 1.807) is 23.7 Å². The van der Waals surface area contributed by atoms with Gasteiger partial charge in [-0.05, 0) is 39.2 Å². The number of aliphatic imine (C=N–C) groups is 1. The Hall–Kier alpha value is -2.36. The summed E-state index contributed by atoms with van der Waals surface area (Å²) in [6.45, 7) is 6.54. The van der Waals surface area contributed by atoms with Crippen molar-refractivity contribution in [3.8, 4) is 0 Å². The molecule has 0 bridgehead atoms. The zero-order valence-corrected chi connectivity index (χ0v) is 19.3. The average Bonchev–Trinajstić information content (AvgIpc) is 2.89. The van der Waals surface area contributed by atoms with Gasteiger partial charge in [-0.15, -0.1) is 0 Å². The van der Waals surface area contributed by atoms with E-state index >= 15 is 0 Å². The number of nitrogens with zero attached hydrogens (tertiary/aromatic N) is 6. The molecule has 0 aliphatic carbocycles.